The van der Waals surface area contributed by atoms with Gasteiger partial charge in [-0.1, -0.05) is 17.7 Å². The Hall–Kier alpha value is -3.10. The second kappa shape index (κ2) is 7.06. The number of nitrogens with one attached hydrogen (secondary N) is 1. The summed E-state index contributed by atoms with van der Waals surface area (Å²) in [5, 5.41) is 7.21. The Morgan fingerprint density at radius 2 is 2.03 bits per heavy atom. The van der Waals surface area contributed by atoms with Crippen LogP contribution in [0.15, 0.2) is 42.5 Å². The van der Waals surface area contributed by atoms with Crippen LogP contribution >= 0.6 is 11.6 Å². The van der Waals surface area contributed by atoms with Gasteiger partial charge in [0.1, 0.15) is 11.9 Å². The molecule has 1 atom stereocenters. The Bertz CT molecular complexity index is 1120. The molecule has 29 heavy (non-hydrogen) atoms. The summed E-state index contributed by atoms with van der Waals surface area (Å²) in [6.07, 6.45) is -0.231. The maximum atomic E-state index is 13.4. The molecule has 148 valence electrons. The molecule has 1 amide bonds. The van der Waals surface area contributed by atoms with E-state index in [2.05, 4.69) is 10.4 Å². The molecule has 1 aromatic heterocycles. The van der Waals surface area contributed by atoms with E-state index >= 15 is 0 Å². The van der Waals surface area contributed by atoms with Crippen LogP contribution in [0.3, 0.4) is 0 Å². The number of rotatable bonds is 3. The first-order valence-corrected chi connectivity index (χ1v) is 9.29. The summed E-state index contributed by atoms with van der Waals surface area (Å²) in [4.78, 5) is 12.5. The van der Waals surface area contributed by atoms with Gasteiger partial charge < -0.3 is 19.5 Å². The van der Waals surface area contributed by atoms with E-state index in [0.717, 1.165) is 17.3 Å². The Balaban J connectivity index is 1.34. The van der Waals surface area contributed by atoms with Crippen LogP contribution in [0.4, 0.5) is 10.1 Å². The molecule has 2 aliphatic rings. The molecule has 0 fully saturated rings. The fourth-order valence-corrected chi connectivity index (χ4v) is 3.50. The number of amides is 1. The standard InChI is InChI=1S/C20H15ClFN3O4/c21-14-3-2-12(22)6-15(14)23-20(26)16-7-13-9-27-19(8-25(13)24-16)11-1-4-17-18(5-11)29-10-28-17/h1-7,19H,8-10H2,(H,23,26)/t19-/m0/s1. The molecular formula is C20H15ClFN3O4. The Kier molecular flexibility index (Phi) is 4.37. The molecule has 1 N–H and O–H groups in total. The lowest BCUT2D eigenvalue weighted by atomic mass is 10.1. The summed E-state index contributed by atoms with van der Waals surface area (Å²) in [5.74, 6) is 0.427. The molecule has 5 rings (SSSR count). The first-order chi connectivity index (χ1) is 14.1. The van der Waals surface area contributed by atoms with Crippen molar-refractivity contribution in [2.75, 3.05) is 12.1 Å². The summed E-state index contributed by atoms with van der Waals surface area (Å²) in [6, 6.07) is 11.1. The minimum absolute atomic E-state index is 0.192. The number of carbonyl (C=O) groups excluding carboxylic acids is 1. The Morgan fingerprint density at radius 3 is 2.93 bits per heavy atom. The van der Waals surface area contributed by atoms with Gasteiger partial charge in [-0.05, 0) is 42.0 Å². The zero-order valence-electron chi connectivity index (χ0n) is 15.0. The number of ether oxygens (including phenoxy) is 3. The maximum absolute atomic E-state index is 13.4. The van der Waals surface area contributed by atoms with Crippen molar-refractivity contribution in [2.45, 2.75) is 19.3 Å². The van der Waals surface area contributed by atoms with E-state index in [0.29, 0.717) is 24.7 Å². The molecule has 2 aromatic carbocycles. The monoisotopic (exact) mass is 415 g/mol. The molecule has 0 aliphatic carbocycles. The van der Waals surface area contributed by atoms with Crippen molar-refractivity contribution in [1.29, 1.82) is 0 Å². The van der Waals surface area contributed by atoms with Crippen LogP contribution in [-0.4, -0.2) is 22.5 Å². The third-order valence-electron chi connectivity index (χ3n) is 4.81. The number of halogens is 2. The van der Waals surface area contributed by atoms with Gasteiger partial charge in [0.25, 0.3) is 5.91 Å². The zero-order chi connectivity index (χ0) is 20.0. The van der Waals surface area contributed by atoms with Gasteiger partial charge in [0.15, 0.2) is 17.2 Å². The van der Waals surface area contributed by atoms with E-state index < -0.39 is 11.7 Å². The van der Waals surface area contributed by atoms with Gasteiger partial charge in [0.2, 0.25) is 6.79 Å². The van der Waals surface area contributed by atoms with Crippen LogP contribution in [0.1, 0.15) is 27.8 Å². The molecule has 0 spiro atoms. The summed E-state index contributed by atoms with van der Waals surface area (Å²) in [7, 11) is 0. The highest BCUT2D eigenvalue weighted by atomic mass is 35.5. The predicted octanol–water partition coefficient (Wildman–Crippen LogP) is 3.93. The van der Waals surface area contributed by atoms with E-state index in [4.69, 9.17) is 25.8 Å². The highest BCUT2D eigenvalue weighted by Gasteiger charge is 2.26. The predicted molar refractivity (Wildman–Crippen MR) is 102 cm³/mol. The van der Waals surface area contributed by atoms with Crippen molar-refractivity contribution in [3.63, 3.8) is 0 Å². The topological polar surface area (TPSA) is 74.6 Å². The lowest BCUT2D eigenvalue weighted by molar-refractivity contribution is -0.00127. The van der Waals surface area contributed by atoms with Crippen LogP contribution in [0.25, 0.3) is 0 Å². The van der Waals surface area contributed by atoms with Crippen molar-refractivity contribution >= 4 is 23.2 Å². The minimum Gasteiger partial charge on any atom is -0.454 e. The van der Waals surface area contributed by atoms with Crippen LogP contribution in [-0.2, 0) is 17.9 Å². The summed E-state index contributed by atoms with van der Waals surface area (Å²) in [6.45, 7) is 0.963. The van der Waals surface area contributed by atoms with E-state index in [9.17, 15) is 9.18 Å². The largest absolute Gasteiger partial charge is 0.454 e. The van der Waals surface area contributed by atoms with Gasteiger partial charge >= 0.3 is 0 Å². The van der Waals surface area contributed by atoms with Crippen LogP contribution in [0.5, 0.6) is 11.5 Å². The smallest absolute Gasteiger partial charge is 0.276 e. The zero-order valence-corrected chi connectivity index (χ0v) is 15.8. The number of fused-ring (bicyclic) bond motifs is 2. The first-order valence-electron chi connectivity index (χ1n) is 8.91. The molecule has 0 saturated heterocycles. The molecule has 0 radical (unpaired) electrons. The van der Waals surface area contributed by atoms with Gasteiger partial charge in [-0.15, -0.1) is 0 Å². The summed E-state index contributed by atoms with van der Waals surface area (Å²) in [5.41, 5.74) is 2.11. The van der Waals surface area contributed by atoms with Crippen molar-refractivity contribution < 1.29 is 23.4 Å². The molecule has 0 saturated carbocycles. The van der Waals surface area contributed by atoms with E-state index in [-0.39, 0.29) is 29.3 Å². The molecule has 2 aliphatic heterocycles. The van der Waals surface area contributed by atoms with Crippen molar-refractivity contribution in [1.82, 2.24) is 9.78 Å². The van der Waals surface area contributed by atoms with Crippen molar-refractivity contribution in [3.8, 4) is 11.5 Å². The van der Waals surface area contributed by atoms with Crippen LogP contribution in [0.2, 0.25) is 5.02 Å². The highest BCUT2D eigenvalue weighted by molar-refractivity contribution is 6.33. The van der Waals surface area contributed by atoms with Gasteiger partial charge in [-0.3, -0.25) is 9.48 Å². The normalized spacial score (nSPS) is 17.1. The van der Waals surface area contributed by atoms with E-state index in [1.165, 1.54) is 12.1 Å². The highest BCUT2D eigenvalue weighted by Crippen LogP contribution is 2.36. The molecule has 0 unspecified atom stereocenters. The number of nitrogens with zero attached hydrogens (tertiary/aromatic N) is 2. The van der Waals surface area contributed by atoms with Gasteiger partial charge in [-0.25, -0.2) is 4.39 Å². The number of aromatic nitrogens is 2. The number of carbonyl (C=O) groups is 1. The summed E-state index contributed by atoms with van der Waals surface area (Å²) >= 11 is 6.01. The fraction of sp³-hybridized carbons (Fsp3) is 0.200. The van der Waals surface area contributed by atoms with E-state index in [1.807, 2.05) is 18.2 Å². The molecular weight excluding hydrogens is 401 g/mol. The lowest BCUT2D eigenvalue weighted by Crippen LogP contribution is -2.22. The third-order valence-corrected chi connectivity index (χ3v) is 5.14. The number of hydrogen-bond acceptors (Lipinski definition) is 5. The Morgan fingerprint density at radius 1 is 1.17 bits per heavy atom. The van der Waals surface area contributed by atoms with Gasteiger partial charge in [-0.2, -0.15) is 5.10 Å². The van der Waals surface area contributed by atoms with Crippen LogP contribution in [0, 0.1) is 5.82 Å². The second-order valence-corrected chi connectivity index (χ2v) is 7.10. The minimum atomic E-state index is -0.492. The SMILES string of the molecule is O=C(Nc1cc(F)ccc1Cl)c1cc2n(n1)C[C@@H](c1ccc3c(c1)OCO3)OC2. The molecule has 7 nitrogen and oxygen atoms in total. The van der Waals surface area contributed by atoms with E-state index in [1.54, 1.807) is 10.7 Å². The van der Waals surface area contributed by atoms with Crippen molar-refractivity contribution in [2.24, 2.45) is 0 Å². The lowest BCUT2D eigenvalue weighted by Gasteiger charge is -2.24. The third kappa shape index (κ3) is 3.41. The molecule has 0 bridgehead atoms. The summed E-state index contributed by atoms with van der Waals surface area (Å²) < 4.78 is 31.8. The molecule has 3 aromatic rings. The quantitative estimate of drug-likeness (QED) is 0.701. The van der Waals surface area contributed by atoms with Crippen LogP contribution < -0.4 is 14.8 Å². The average Bonchev–Trinajstić information content (AvgIpc) is 3.36. The van der Waals surface area contributed by atoms with Gasteiger partial charge in [0, 0.05) is 0 Å². The molecule has 3 heterocycles. The number of hydrogen-bond donors (Lipinski definition) is 1. The maximum Gasteiger partial charge on any atom is 0.276 e. The fourth-order valence-electron chi connectivity index (χ4n) is 3.33. The number of anilines is 1. The number of benzene rings is 2. The van der Waals surface area contributed by atoms with Crippen molar-refractivity contribution in [3.05, 3.63) is 70.3 Å². The van der Waals surface area contributed by atoms with Gasteiger partial charge in [0.05, 0.1) is 29.6 Å². The molecule has 9 heteroatoms. The second-order valence-electron chi connectivity index (χ2n) is 6.69. The Labute approximate surface area is 169 Å². The first kappa shape index (κ1) is 18.0. The average molecular weight is 416 g/mol.